The maximum atomic E-state index is 13.3. The third kappa shape index (κ3) is 3.60. The summed E-state index contributed by atoms with van der Waals surface area (Å²) in [7, 11) is 0. The second-order valence-corrected chi connectivity index (χ2v) is 6.29. The van der Waals surface area contributed by atoms with E-state index < -0.39 is 11.7 Å². The van der Waals surface area contributed by atoms with E-state index in [9.17, 15) is 13.2 Å². The van der Waals surface area contributed by atoms with Crippen LogP contribution in [0.15, 0.2) is 18.2 Å². The van der Waals surface area contributed by atoms with Gasteiger partial charge in [-0.25, -0.2) is 0 Å². The molecule has 0 aromatic heterocycles. The van der Waals surface area contributed by atoms with Crippen LogP contribution in [0, 0.1) is 5.92 Å². The molecule has 118 valence electrons. The molecular weight excluding hydrogens is 275 g/mol. The second-order valence-electron chi connectivity index (χ2n) is 6.29. The van der Waals surface area contributed by atoms with Gasteiger partial charge in [0.25, 0.3) is 0 Å². The lowest BCUT2D eigenvalue weighted by atomic mass is 9.81. The molecule has 0 bridgehead atoms. The topological polar surface area (TPSA) is 12.0 Å². The van der Waals surface area contributed by atoms with Crippen molar-refractivity contribution in [2.45, 2.75) is 51.6 Å². The van der Waals surface area contributed by atoms with Crippen LogP contribution in [0.25, 0.3) is 0 Å². The number of nitrogens with one attached hydrogen (secondary N) is 1. The van der Waals surface area contributed by atoms with Crippen LogP contribution >= 0.6 is 0 Å². The van der Waals surface area contributed by atoms with E-state index in [1.807, 2.05) is 26.8 Å². The molecule has 1 aliphatic heterocycles. The molecule has 2 unspecified atom stereocenters. The first kappa shape index (κ1) is 16.3. The Morgan fingerprint density at radius 3 is 2.48 bits per heavy atom. The summed E-state index contributed by atoms with van der Waals surface area (Å²) < 4.78 is 39.9. The Labute approximate surface area is 124 Å². The van der Waals surface area contributed by atoms with Gasteiger partial charge < -0.3 is 5.32 Å². The first-order chi connectivity index (χ1) is 9.84. The Bertz CT molecular complexity index is 473. The molecule has 1 aliphatic rings. The molecule has 2 atom stereocenters. The van der Waals surface area contributed by atoms with Gasteiger partial charge in [0.05, 0.1) is 5.56 Å². The van der Waals surface area contributed by atoms with Crippen LogP contribution in [0.1, 0.15) is 62.1 Å². The molecule has 21 heavy (non-hydrogen) atoms. The van der Waals surface area contributed by atoms with E-state index in [1.165, 1.54) is 6.07 Å². The van der Waals surface area contributed by atoms with E-state index in [2.05, 4.69) is 5.32 Å². The molecule has 0 aliphatic carbocycles. The highest BCUT2D eigenvalue weighted by molar-refractivity contribution is 5.38. The quantitative estimate of drug-likeness (QED) is 0.831. The molecule has 1 fully saturated rings. The number of hydrogen-bond donors (Lipinski definition) is 1. The van der Waals surface area contributed by atoms with Crippen molar-refractivity contribution in [1.82, 2.24) is 5.32 Å². The maximum Gasteiger partial charge on any atom is 0.416 e. The fourth-order valence-electron chi connectivity index (χ4n) is 3.39. The Balaban J connectivity index is 2.47. The molecular formula is C17H24F3N. The van der Waals surface area contributed by atoms with Gasteiger partial charge in [0.2, 0.25) is 0 Å². The number of alkyl halides is 3. The van der Waals surface area contributed by atoms with Gasteiger partial charge in [-0.15, -0.1) is 0 Å². The molecule has 0 saturated carbocycles. The number of rotatable bonds is 4. The van der Waals surface area contributed by atoms with Gasteiger partial charge in [0, 0.05) is 6.54 Å². The van der Waals surface area contributed by atoms with Crippen molar-refractivity contribution >= 4 is 0 Å². The molecule has 4 heteroatoms. The summed E-state index contributed by atoms with van der Waals surface area (Å²) in [5.41, 5.74) is 1.06. The molecule has 0 radical (unpaired) electrons. The van der Waals surface area contributed by atoms with Gasteiger partial charge in [-0.05, 0) is 54.3 Å². The highest BCUT2D eigenvalue weighted by atomic mass is 19.4. The molecule has 1 heterocycles. The molecule has 1 nitrogen and oxygen atoms in total. The zero-order valence-electron chi connectivity index (χ0n) is 12.9. The fraction of sp³-hybridized carbons (Fsp3) is 0.647. The highest BCUT2D eigenvalue weighted by Crippen LogP contribution is 2.40. The molecule has 1 N–H and O–H groups in total. The van der Waals surface area contributed by atoms with E-state index in [1.54, 1.807) is 6.07 Å². The number of halogens is 3. The van der Waals surface area contributed by atoms with Crippen LogP contribution in [0.2, 0.25) is 0 Å². The van der Waals surface area contributed by atoms with Gasteiger partial charge in [0.1, 0.15) is 0 Å². The Kier molecular flexibility index (Phi) is 4.97. The minimum absolute atomic E-state index is 0.0454. The molecule has 1 saturated heterocycles. The number of benzene rings is 1. The van der Waals surface area contributed by atoms with Crippen molar-refractivity contribution in [3.05, 3.63) is 34.9 Å². The van der Waals surface area contributed by atoms with Crippen LogP contribution < -0.4 is 5.32 Å². The Morgan fingerprint density at radius 1 is 1.29 bits per heavy atom. The summed E-state index contributed by atoms with van der Waals surface area (Å²) in [6, 6.07) is 4.76. The second kappa shape index (κ2) is 6.39. The smallest absolute Gasteiger partial charge is 0.316 e. The molecule has 1 aromatic rings. The predicted octanol–water partition coefficient (Wildman–Crippen LogP) is 4.93. The summed E-state index contributed by atoms with van der Waals surface area (Å²) in [6.07, 6.45) is -2.54. The normalized spacial score (nSPS) is 21.0. The summed E-state index contributed by atoms with van der Waals surface area (Å²) in [4.78, 5) is 0. The third-order valence-corrected chi connectivity index (χ3v) is 4.56. The Hall–Kier alpha value is -1.03. The van der Waals surface area contributed by atoms with Crippen LogP contribution in [-0.2, 0) is 6.18 Å². The average Bonchev–Trinajstić information content (AvgIpc) is 2.91. The summed E-state index contributed by atoms with van der Waals surface area (Å²) >= 11 is 0. The molecule has 1 aromatic carbocycles. The standard InChI is InChI=1S/C17H24F3N/c1-4-14(11(2)3)15-9-12(13-7-8-21-10-13)5-6-16(15)17(18,19)20/h5-6,9,11,13-14,21H,4,7-8,10H2,1-3H3. The van der Waals surface area contributed by atoms with Gasteiger partial charge in [-0.1, -0.05) is 32.9 Å². The van der Waals surface area contributed by atoms with Crippen molar-refractivity contribution in [2.75, 3.05) is 13.1 Å². The van der Waals surface area contributed by atoms with Gasteiger partial charge >= 0.3 is 6.18 Å². The van der Waals surface area contributed by atoms with Gasteiger partial charge in [-0.3, -0.25) is 0 Å². The van der Waals surface area contributed by atoms with E-state index in [0.717, 1.165) is 31.5 Å². The third-order valence-electron chi connectivity index (χ3n) is 4.56. The van der Waals surface area contributed by atoms with Crippen molar-refractivity contribution in [3.63, 3.8) is 0 Å². The number of hydrogen-bond acceptors (Lipinski definition) is 1. The van der Waals surface area contributed by atoms with Gasteiger partial charge in [-0.2, -0.15) is 13.2 Å². The first-order valence-corrected chi connectivity index (χ1v) is 7.76. The van der Waals surface area contributed by atoms with Crippen molar-refractivity contribution in [3.8, 4) is 0 Å². The van der Waals surface area contributed by atoms with E-state index in [4.69, 9.17) is 0 Å². The van der Waals surface area contributed by atoms with Crippen molar-refractivity contribution in [1.29, 1.82) is 0 Å². The average molecular weight is 299 g/mol. The van der Waals surface area contributed by atoms with E-state index in [-0.39, 0.29) is 11.8 Å². The van der Waals surface area contributed by atoms with Crippen molar-refractivity contribution in [2.24, 2.45) is 5.92 Å². The molecule has 2 rings (SSSR count). The Morgan fingerprint density at radius 2 is 2.00 bits per heavy atom. The van der Waals surface area contributed by atoms with Crippen LogP contribution in [-0.4, -0.2) is 13.1 Å². The zero-order chi connectivity index (χ0) is 15.6. The maximum absolute atomic E-state index is 13.3. The van der Waals surface area contributed by atoms with Gasteiger partial charge in [0.15, 0.2) is 0 Å². The monoisotopic (exact) mass is 299 g/mol. The predicted molar refractivity (Wildman–Crippen MR) is 79.5 cm³/mol. The van der Waals surface area contributed by atoms with E-state index in [0.29, 0.717) is 11.5 Å². The highest BCUT2D eigenvalue weighted by Gasteiger charge is 2.36. The molecule has 0 spiro atoms. The minimum Gasteiger partial charge on any atom is -0.316 e. The lowest BCUT2D eigenvalue weighted by Gasteiger charge is -2.25. The van der Waals surface area contributed by atoms with Crippen LogP contribution in [0.3, 0.4) is 0 Å². The fourth-order valence-corrected chi connectivity index (χ4v) is 3.39. The zero-order valence-corrected chi connectivity index (χ0v) is 12.9. The summed E-state index contributed by atoms with van der Waals surface area (Å²) in [5.74, 6) is 0.500. The van der Waals surface area contributed by atoms with Crippen LogP contribution in [0.4, 0.5) is 13.2 Å². The van der Waals surface area contributed by atoms with Crippen molar-refractivity contribution < 1.29 is 13.2 Å². The SMILES string of the molecule is CCC(c1cc(C2CCNC2)ccc1C(F)(F)F)C(C)C. The summed E-state index contributed by atoms with van der Waals surface area (Å²) in [6.45, 7) is 7.77. The van der Waals surface area contributed by atoms with E-state index >= 15 is 0 Å². The lowest BCUT2D eigenvalue weighted by Crippen LogP contribution is -2.16. The molecule has 0 amide bonds. The lowest BCUT2D eigenvalue weighted by molar-refractivity contribution is -0.138. The van der Waals surface area contributed by atoms with Crippen LogP contribution in [0.5, 0.6) is 0 Å². The first-order valence-electron chi connectivity index (χ1n) is 7.76. The minimum atomic E-state index is -4.27. The largest absolute Gasteiger partial charge is 0.416 e. The summed E-state index contributed by atoms with van der Waals surface area (Å²) in [5, 5.41) is 3.28.